The number of imide groups is 1. The summed E-state index contributed by atoms with van der Waals surface area (Å²) in [5.74, 6) is 0.932. The molecule has 2 heterocycles. The van der Waals surface area contributed by atoms with Gasteiger partial charge >= 0.3 is 0 Å². The Labute approximate surface area is 165 Å². The molecule has 1 aromatic heterocycles. The highest BCUT2D eigenvalue weighted by atomic mass is 16.3. The lowest BCUT2D eigenvalue weighted by Gasteiger charge is -2.16. The summed E-state index contributed by atoms with van der Waals surface area (Å²) in [6.07, 6.45) is 0. The second kappa shape index (κ2) is 7.15. The molecule has 2 N–H and O–H groups in total. The van der Waals surface area contributed by atoms with Crippen LogP contribution in [0.15, 0.2) is 51.5 Å². The molecule has 2 aromatic rings. The molecule has 1 aliphatic rings. The summed E-state index contributed by atoms with van der Waals surface area (Å²) < 4.78 is 5.71. The zero-order valence-electron chi connectivity index (χ0n) is 17.2. The van der Waals surface area contributed by atoms with Crippen molar-refractivity contribution in [1.82, 2.24) is 0 Å². The molecule has 146 valence electrons. The molecule has 5 heteroatoms. The van der Waals surface area contributed by atoms with E-state index in [2.05, 4.69) is 0 Å². The van der Waals surface area contributed by atoms with Gasteiger partial charge in [-0.25, -0.2) is 4.90 Å². The minimum Gasteiger partial charge on any atom is -0.466 e. The van der Waals surface area contributed by atoms with E-state index in [9.17, 15) is 9.59 Å². The lowest BCUT2D eigenvalue weighted by molar-refractivity contribution is -0.119. The maximum atomic E-state index is 13.5. The molecule has 1 fully saturated rings. The molecule has 0 aliphatic carbocycles. The van der Waals surface area contributed by atoms with Gasteiger partial charge in [0.05, 0.1) is 16.8 Å². The van der Waals surface area contributed by atoms with Gasteiger partial charge in [-0.2, -0.15) is 0 Å². The fourth-order valence-corrected chi connectivity index (χ4v) is 3.73. The Balaban J connectivity index is 2.30. The van der Waals surface area contributed by atoms with E-state index in [-0.39, 0.29) is 17.7 Å². The Kier molecular flexibility index (Phi) is 5.02. The van der Waals surface area contributed by atoms with Crippen LogP contribution in [0.2, 0.25) is 0 Å². The van der Waals surface area contributed by atoms with Crippen molar-refractivity contribution in [3.8, 4) is 0 Å². The van der Waals surface area contributed by atoms with Crippen LogP contribution in [-0.2, 0) is 9.59 Å². The molecule has 28 heavy (non-hydrogen) atoms. The number of allylic oxidation sites excluding steroid dienone is 2. The molecule has 0 unspecified atom stereocenters. The number of nitrogens with two attached hydrogens (primary N) is 1. The van der Waals surface area contributed by atoms with E-state index in [1.165, 1.54) is 4.90 Å². The second-order valence-corrected chi connectivity index (χ2v) is 7.68. The topological polar surface area (TPSA) is 76.5 Å². The molecule has 1 saturated heterocycles. The largest absolute Gasteiger partial charge is 0.466 e. The average molecular weight is 378 g/mol. The van der Waals surface area contributed by atoms with Crippen LogP contribution in [0.25, 0.3) is 5.57 Å². The number of rotatable bonds is 3. The summed E-state index contributed by atoms with van der Waals surface area (Å²) in [6, 6.07) is 8.70. The smallest absolute Gasteiger partial charge is 0.266 e. The molecule has 0 atom stereocenters. The third kappa shape index (κ3) is 3.17. The van der Waals surface area contributed by atoms with Crippen LogP contribution in [0.3, 0.4) is 0 Å². The van der Waals surface area contributed by atoms with Crippen molar-refractivity contribution in [3.05, 3.63) is 64.1 Å². The van der Waals surface area contributed by atoms with E-state index in [0.717, 1.165) is 28.2 Å². The Morgan fingerprint density at radius 1 is 1.00 bits per heavy atom. The van der Waals surface area contributed by atoms with Gasteiger partial charge < -0.3 is 10.2 Å². The summed E-state index contributed by atoms with van der Waals surface area (Å²) in [5, 5.41) is 0. The fraction of sp³-hybridized carbons (Fsp3) is 0.304. The molecule has 0 saturated carbocycles. The Hall–Kier alpha value is -3.08. The van der Waals surface area contributed by atoms with Gasteiger partial charge in [-0.1, -0.05) is 19.4 Å². The number of nitrogen functional groups attached to an aromatic ring is 1. The maximum absolute atomic E-state index is 13.5. The normalized spacial score (nSPS) is 16.4. The number of hydrogen-bond acceptors (Lipinski definition) is 4. The van der Waals surface area contributed by atoms with Gasteiger partial charge in [0.2, 0.25) is 0 Å². The van der Waals surface area contributed by atoms with Crippen molar-refractivity contribution < 1.29 is 14.0 Å². The molecular formula is C23H26N2O3. The molecule has 2 amide bonds. The molecule has 1 aliphatic heterocycles. The number of benzene rings is 1. The number of furan rings is 1. The first kappa shape index (κ1) is 19.7. The van der Waals surface area contributed by atoms with Gasteiger partial charge in [0.15, 0.2) is 0 Å². The number of amides is 2. The minimum atomic E-state index is -0.312. The number of carbonyl (C=O) groups is 2. The summed E-state index contributed by atoms with van der Waals surface area (Å²) in [6.45, 7) is 11.5. The first-order valence-electron chi connectivity index (χ1n) is 9.37. The molecule has 5 nitrogen and oxygen atoms in total. The molecule has 0 spiro atoms. The van der Waals surface area contributed by atoms with Gasteiger partial charge in [0, 0.05) is 11.3 Å². The fourth-order valence-electron chi connectivity index (χ4n) is 3.73. The maximum Gasteiger partial charge on any atom is 0.266 e. The van der Waals surface area contributed by atoms with Gasteiger partial charge in [0.25, 0.3) is 11.8 Å². The van der Waals surface area contributed by atoms with E-state index in [0.29, 0.717) is 22.5 Å². The third-order valence-corrected chi connectivity index (χ3v) is 4.91. The van der Waals surface area contributed by atoms with E-state index < -0.39 is 0 Å². The zero-order chi connectivity index (χ0) is 20.7. The first-order valence-corrected chi connectivity index (χ1v) is 9.37. The van der Waals surface area contributed by atoms with Crippen molar-refractivity contribution >= 4 is 28.8 Å². The highest BCUT2D eigenvalue weighted by Gasteiger charge is 2.43. The molecule has 1 aromatic carbocycles. The summed E-state index contributed by atoms with van der Waals surface area (Å²) >= 11 is 0. The molecule has 0 bridgehead atoms. The summed E-state index contributed by atoms with van der Waals surface area (Å²) in [4.78, 5) is 28.0. The van der Waals surface area contributed by atoms with Gasteiger partial charge in [-0.15, -0.1) is 0 Å². The lowest BCUT2D eigenvalue weighted by atomic mass is 9.87. The van der Waals surface area contributed by atoms with Crippen molar-refractivity contribution in [1.29, 1.82) is 0 Å². The van der Waals surface area contributed by atoms with Crippen LogP contribution in [-0.4, -0.2) is 11.8 Å². The van der Waals surface area contributed by atoms with Crippen LogP contribution >= 0.6 is 0 Å². The number of aryl methyl sites for hydroxylation is 2. The van der Waals surface area contributed by atoms with Crippen molar-refractivity contribution in [3.63, 3.8) is 0 Å². The Morgan fingerprint density at radius 3 is 2.04 bits per heavy atom. The lowest BCUT2D eigenvalue weighted by Crippen LogP contribution is -2.29. The highest BCUT2D eigenvalue weighted by molar-refractivity contribution is 6.39. The summed E-state index contributed by atoms with van der Waals surface area (Å²) in [7, 11) is 0. The third-order valence-electron chi connectivity index (χ3n) is 4.91. The Bertz CT molecular complexity index is 1020. The Morgan fingerprint density at radius 2 is 1.57 bits per heavy atom. The van der Waals surface area contributed by atoms with E-state index in [1.54, 1.807) is 24.3 Å². The van der Waals surface area contributed by atoms with Crippen LogP contribution in [0, 0.1) is 19.8 Å². The molecule has 3 rings (SSSR count). The second-order valence-electron chi connectivity index (χ2n) is 7.68. The number of nitrogens with zero attached hydrogens (tertiary/aromatic N) is 1. The van der Waals surface area contributed by atoms with Crippen molar-refractivity contribution in [2.45, 2.75) is 41.5 Å². The SMILES string of the molecule is CC(C)=C1C(=O)N(c2ccc(N)cc2)C(=O)C1=C(c1cc(C)oc1C)C(C)C. The van der Waals surface area contributed by atoms with Crippen LogP contribution < -0.4 is 10.6 Å². The van der Waals surface area contributed by atoms with Crippen LogP contribution in [0.5, 0.6) is 0 Å². The van der Waals surface area contributed by atoms with Gasteiger partial charge in [0.1, 0.15) is 11.5 Å². The zero-order valence-corrected chi connectivity index (χ0v) is 17.2. The minimum absolute atomic E-state index is 0.0307. The quantitative estimate of drug-likeness (QED) is 0.473. The molecular weight excluding hydrogens is 352 g/mol. The van der Waals surface area contributed by atoms with Crippen LogP contribution in [0.1, 0.15) is 44.8 Å². The highest BCUT2D eigenvalue weighted by Crippen LogP contribution is 2.41. The first-order chi connectivity index (χ1) is 13.1. The number of anilines is 2. The van der Waals surface area contributed by atoms with Gasteiger partial charge in [-0.3, -0.25) is 9.59 Å². The van der Waals surface area contributed by atoms with E-state index in [4.69, 9.17) is 10.2 Å². The van der Waals surface area contributed by atoms with Gasteiger partial charge in [-0.05, 0) is 69.5 Å². The predicted octanol–water partition coefficient (Wildman–Crippen LogP) is 4.80. The molecule has 0 radical (unpaired) electrons. The summed E-state index contributed by atoms with van der Waals surface area (Å²) in [5.41, 5.74) is 10.3. The number of carbonyl (C=O) groups excluding carboxylic acids is 2. The van der Waals surface area contributed by atoms with E-state index in [1.807, 2.05) is 47.6 Å². The van der Waals surface area contributed by atoms with Crippen molar-refractivity contribution in [2.24, 2.45) is 5.92 Å². The average Bonchev–Trinajstić information content (AvgIpc) is 3.05. The standard InChI is InChI=1S/C23H26N2O3/c1-12(2)19(18-11-14(5)28-15(18)6)21-20(13(3)4)22(26)25(23(21)27)17-9-7-16(24)8-10-17/h7-12H,24H2,1-6H3. The van der Waals surface area contributed by atoms with Crippen LogP contribution in [0.4, 0.5) is 11.4 Å². The van der Waals surface area contributed by atoms with Crippen molar-refractivity contribution in [2.75, 3.05) is 10.6 Å². The predicted molar refractivity (Wildman–Crippen MR) is 112 cm³/mol. The number of hydrogen-bond donors (Lipinski definition) is 1. The van der Waals surface area contributed by atoms with E-state index >= 15 is 0 Å². The monoisotopic (exact) mass is 378 g/mol.